The Morgan fingerprint density at radius 1 is 0.342 bits per heavy atom. The molecule has 3 N–H and O–H groups in total. The maximum absolute atomic E-state index is 12.5. The molecule has 0 bridgehead atoms. The standard InChI is InChI=1S/C69H121NO3/c1-3-5-7-9-11-13-15-17-19-21-23-25-27-29-31-32-33-34-35-36-37-38-39-41-43-45-47-49-51-53-55-57-59-61-63-65-69(73)70-67(66-71)68(72)64-62-60-58-56-54-52-50-48-46-44-42-40-30-28-26-24-22-20-18-16-14-12-10-8-6-4-2/h5,7,11,13,17,19,23,25,29,31,33-34,36-37,39,41,62,64,67-68,71-72H,3-4,6,8-10,12,14-16,18,20-22,24,26-28,30,32,35,38,40,42-61,63,65-66H2,1-2H3,(H,70,73)/b7-5-,13-11-,19-17-,25-23-,31-29-,34-33-,37-36-,41-39-,64-62+. The second-order valence-corrected chi connectivity index (χ2v) is 21.1. The van der Waals surface area contributed by atoms with Gasteiger partial charge < -0.3 is 15.5 Å². The van der Waals surface area contributed by atoms with Gasteiger partial charge in [0.1, 0.15) is 0 Å². The number of allylic oxidation sites excluding steroid dienone is 17. The average Bonchev–Trinajstić information content (AvgIpc) is 3.40. The number of rotatable bonds is 57. The highest BCUT2D eigenvalue weighted by Gasteiger charge is 2.18. The van der Waals surface area contributed by atoms with Crippen LogP contribution in [-0.4, -0.2) is 34.9 Å². The Bertz CT molecular complexity index is 1380. The van der Waals surface area contributed by atoms with Gasteiger partial charge in [-0.1, -0.05) is 322 Å². The van der Waals surface area contributed by atoms with Crippen LogP contribution < -0.4 is 5.32 Å². The first kappa shape index (κ1) is 70.1. The van der Waals surface area contributed by atoms with Crippen LogP contribution in [0, 0.1) is 0 Å². The molecule has 0 aliphatic heterocycles. The van der Waals surface area contributed by atoms with E-state index in [0.29, 0.717) is 6.42 Å². The number of hydrogen-bond donors (Lipinski definition) is 3. The molecule has 0 rings (SSSR count). The molecular formula is C69H121NO3. The van der Waals surface area contributed by atoms with E-state index in [-0.39, 0.29) is 12.5 Å². The lowest BCUT2D eigenvalue weighted by Crippen LogP contribution is -2.45. The maximum atomic E-state index is 12.5. The van der Waals surface area contributed by atoms with E-state index in [1.54, 1.807) is 6.08 Å². The molecule has 0 fully saturated rings. The highest BCUT2D eigenvalue weighted by Crippen LogP contribution is 2.17. The lowest BCUT2D eigenvalue weighted by Gasteiger charge is -2.20. The smallest absolute Gasteiger partial charge is 0.220 e. The Kier molecular flexibility index (Phi) is 60.8. The third kappa shape index (κ3) is 59.8. The Labute approximate surface area is 455 Å². The number of unbranched alkanes of at least 4 members (excludes halogenated alkanes) is 34. The molecule has 4 nitrogen and oxygen atoms in total. The van der Waals surface area contributed by atoms with E-state index in [2.05, 4.69) is 116 Å². The van der Waals surface area contributed by atoms with Crippen molar-refractivity contribution in [2.75, 3.05) is 6.61 Å². The predicted molar refractivity (Wildman–Crippen MR) is 326 cm³/mol. The van der Waals surface area contributed by atoms with Crippen molar-refractivity contribution in [3.05, 3.63) is 109 Å². The fourth-order valence-corrected chi connectivity index (χ4v) is 9.26. The minimum atomic E-state index is -0.849. The van der Waals surface area contributed by atoms with E-state index < -0.39 is 12.1 Å². The lowest BCUT2D eigenvalue weighted by atomic mass is 10.0. The first-order valence-corrected chi connectivity index (χ1v) is 31.6. The summed E-state index contributed by atoms with van der Waals surface area (Å²) in [5.41, 5.74) is 0. The summed E-state index contributed by atoms with van der Waals surface area (Å²) in [5.74, 6) is -0.0697. The first-order valence-electron chi connectivity index (χ1n) is 31.6. The summed E-state index contributed by atoms with van der Waals surface area (Å²) in [5, 5.41) is 23.3. The average molecular weight is 1010 g/mol. The zero-order chi connectivity index (χ0) is 52.7. The van der Waals surface area contributed by atoms with E-state index in [9.17, 15) is 15.0 Å². The summed E-state index contributed by atoms with van der Waals surface area (Å²) >= 11 is 0. The lowest BCUT2D eigenvalue weighted by molar-refractivity contribution is -0.123. The van der Waals surface area contributed by atoms with Crippen LogP contribution in [0.4, 0.5) is 0 Å². The monoisotopic (exact) mass is 1010 g/mol. The summed E-state index contributed by atoms with van der Waals surface area (Å²) in [4.78, 5) is 12.5. The maximum Gasteiger partial charge on any atom is 0.220 e. The van der Waals surface area contributed by atoms with Crippen molar-refractivity contribution < 1.29 is 15.0 Å². The van der Waals surface area contributed by atoms with Crippen molar-refractivity contribution in [3.8, 4) is 0 Å². The van der Waals surface area contributed by atoms with Gasteiger partial charge in [-0.25, -0.2) is 0 Å². The van der Waals surface area contributed by atoms with Crippen LogP contribution in [0.15, 0.2) is 109 Å². The number of aliphatic hydroxyl groups excluding tert-OH is 2. The van der Waals surface area contributed by atoms with Gasteiger partial charge in [-0.3, -0.25) is 4.79 Å². The molecule has 2 unspecified atom stereocenters. The van der Waals surface area contributed by atoms with Crippen molar-refractivity contribution in [3.63, 3.8) is 0 Å². The van der Waals surface area contributed by atoms with Crippen LogP contribution in [0.1, 0.15) is 303 Å². The van der Waals surface area contributed by atoms with Gasteiger partial charge in [-0.15, -0.1) is 0 Å². The molecule has 0 heterocycles. The van der Waals surface area contributed by atoms with Crippen molar-refractivity contribution in [1.29, 1.82) is 0 Å². The number of nitrogens with one attached hydrogen (secondary N) is 1. The zero-order valence-corrected chi connectivity index (χ0v) is 48.4. The van der Waals surface area contributed by atoms with Crippen molar-refractivity contribution >= 4 is 5.91 Å². The molecule has 0 radical (unpaired) electrons. The summed E-state index contributed by atoms with van der Waals surface area (Å²) in [7, 11) is 0. The third-order valence-corrected chi connectivity index (χ3v) is 14.0. The molecule has 0 aliphatic carbocycles. The molecule has 4 heteroatoms. The van der Waals surface area contributed by atoms with Crippen LogP contribution in [0.2, 0.25) is 0 Å². The van der Waals surface area contributed by atoms with Gasteiger partial charge in [0.2, 0.25) is 5.91 Å². The van der Waals surface area contributed by atoms with Gasteiger partial charge in [0, 0.05) is 6.42 Å². The Morgan fingerprint density at radius 2 is 0.603 bits per heavy atom. The Morgan fingerprint density at radius 3 is 0.904 bits per heavy atom. The van der Waals surface area contributed by atoms with Gasteiger partial charge in [0.15, 0.2) is 0 Å². The van der Waals surface area contributed by atoms with Crippen molar-refractivity contribution in [2.24, 2.45) is 0 Å². The Hall–Kier alpha value is -2.95. The number of aliphatic hydroxyl groups is 2. The molecule has 420 valence electrons. The minimum Gasteiger partial charge on any atom is -0.394 e. The highest BCUT2D eigenvalue weighted by atomic mass is 16.3. The molecule has 0 aromatic heterocycles. The van der Waals surface area contributed by atoms with E-state index in [1.165, 1.54) is 205 Å². The molecule has 0 saturated heterocycles. The molecule has 2 atom stereocenters. The van der Waals surface area contributed by atoms with Crippen LogP contribution in [0.25, 0.3) is 0 Å². The largest absolute Gasteiger partial charge is 0.394 e. The van der Waals surface area contributed by atoms with Gasteiger partial charge in [0.25, 0.3) is 0 Å². The van der Waals surface area contributed by atoms with Gasteiger partial charge in [-0.2, -0.15) is 0 Å². The first-order chi connectivity index (χ1) is 36.2. The predicted octanol–water partition coefficient (Wildman–Crippen LogP) is 21.4. The topological polar surface area (TPSA) is 69.6 Å². The number of hydrogen-bond acceptors (Lipinski definition) is 3. The molecule has 0 spiro atoms. The zero-order valence-electron chi connectivity index (χ0n) is 48.4. The number of carbonyl (C=O) groups excluding carboxylic acids is 1. The fraction of sp³-hybridized carbons (Fsp3) is 0.725. The summed E-state index contributed by atoms with van der Waals surface area (Å²) in [6.07, 6.45) is 95.6. The minimum absolute atomic E-state index is 0.0697. The molecular weight excluding hydrogens is 891 g/mol. The van der Waals surface area contributed by atoms with E-state index in [4.69, 9.17) is 0 Å². The van der Waals surface area contributed by atoms with Crippen molar-refractivity contribution in [2.45, 2.75) is 315 Å². The second-order valence-electron chi connectivity index (χ2n) is 21.1. The second kappa shape index (κ2) is 63.3. The van der Waals surface area contributed by atoms with E-state index in [0.717, 1.165) is 77.0 Å². The number of carbonyl (C=O) groups is 1. The van der Waals surface area contributed by atoms with Gasteiger partial charge in [-0.05, 0) is 83.5 Å². The summed E-state index contributed by atoms with van der Waals surface area (Å²) in [6, 6.07) is -0.633. The van der Waals surface area contributed by atoms with Crippen molar-refractivity contribution in [1.82, 2.24) is 5.32 Å². The van der Waals surface area contributed by atoms with Gasteiger partial charge in [0.05, 0.1) is 18.8 Å². The van der Waals surface area contributed by atoms with Crippen LogP contribution in [0.3, 0.4) is 0 Å². The molecule has 1 amide bonds. The molecule has 0 aromatic carbocycles. The third-order valence-electron chi connectivity index (χ3n) is 14.0. The fourth-order valence-electron chi connectivity index (χ4n) is 9.26. The van der Waals surface area contributed by atoms with Crippen LogP contribution >= 0.6 is 0 Å². The normalized spacial score (nSPS) is 13.5. The summed E-state index contributed by atoms with van der Waals surface area (Å²) < 4.78 is 0. The Balaban J connectivity index is 3.56. The quantitative estimate of drug-likeness (QED) is 0.0420. The number of amides is 1. The molecule has 0 aromatic rings. The molecule has 73 heavy (non-hydrogen) atoms. The summed E-state index contributed by atoms with van der Waals surface area (Å²) in [6.45, 7) is 4.21. The molecule has 0 saturated carbocycles. The van der Waals surface area contributed by atoms with Gasteiger partial charge >= 0.3 is 0 Å². The van der Waals surface area contributed by atoms with Crippen LogP contribution in [0.5, 0.6) is 0 Å². The highest BCUT2D eigenvalue weighted by molar-refractivity contribution is 5.76. The molecule has 0 aliphatic rings. The van der Waals surface area contributed by atoms with E-state index >= 15 is 0 Å². The van der Waals surface area contributed by atoms with E-state index in [1.807, 2.05) is 6.08 Å². The van der Waals surface area contributed by atoms with Crippen LogP contribution in [-0.2, 0) is 4.79 Å². The SMILES string of the molecule is CC/C=C\C/C=C\C/C=C\C/C=C\C/C=C\C/C=C\C/C=C\C/C=C\CCCCCCCCCCCCC(=O)NC(CO)C(O)/C=C/CCCCCCCCCCCCCCCCCCCCCCCCCC.